The monoisotopic (exact) mass is 242 g/mol. The minimum atomic E-state index is -1.08. The number of carbonyl (C=O) groups excluding carboxylic acids is 1. The van der Waals surface area contributed by atoms with E-state index in [2.05, 4.69) is 4.98 Å². The van der Waals surface area contributed by atoms with Crippen molar-refractivity contribution in [3.05, 3.63) is 17.3 Å². The molecule has 1 aromatic heterocycles. The quantitative estimate of drug-likeness (QED) is 0.834. The van der Waals surface area contributed by atoms with Crippen LogP contribution in [0.1, 0.15) is 28.6 Å². The minimum Gasteiger partial charge on any atom is -0.445 e. The van der Waals surface area contributed by atoms with Gasteiger partial charge in [-0.25, -0.2) is 9.37 Å². The number of aliphatic hydroxyl groups is 1. The number of amides is 1. The van der Waals surface area contributed by atoms with Crippen molar-refractivity contribution in [1.29, 1.82) is 0 Å². The van der Waals surface area contributed by atoms with E-state index in [1.54, 1.807) is 13.8 Å². The summed E-state index contributed by atoms with van der Waals surface area (Å²) in [4.78, 5) is 17.4. The number of halogens is 1. The molecule has 5 nitrogen and oxygen atoms in total. The van der Waals surface area contributed by atoms with Gasteiger partial charge < -0.3 is 14.4 Å². The Morgan fingerprint density at radius 3 is 2.88 bits per heavy atom. The van der Waals surface area contributed by atoms with Crippen molar-refractivity contribution >= 4 is 5.91 Å². The Hall–Kier alpha value is -1.43. The van der Waals surface area contributed by atoms with E-state index in [1.807, 2.05) is 0 Å². The number of aromatic nitrogens is 1. The van der Waals surface area contributed by atoms with Gasteiger partial charge in [0.05, 0.1) is 19.2 Å². The van der Waals surface area contributed by atoms with Crippen LogP contribution in [0.4, 0.5) is 4.39 Å². The van der Waals surface area contributed by atoms with Crippen LogP contribution in [0.3, 0.4) is 0 Å². The van der Waals surface area contributed by atoms with Crippen LogP contribution in [0.25, 0.3) is 0 Å². The first kappa shape index (κ1) is 12.0. The Kier molecular flexibility index (Phi) is 3.15. The van der Waals surface area contributed by atoms with E-state index in [9.17, 15) is 9.18 Å². The molecular weight excluding hydrogens is 227 g/mol. The van der Waals surface area contributed by atoms with Gasteiger partial charge in [0.25, 0.3) is 5.91 Å². The zero-order valence-electron chi connectivity index (χ0n) is 9.81. The molecule has 2 rings (SSSR count). The molecule has 0 saturated carbocycles. The van der Waals surface area contributed by atoms with Crippen LogP contribution in [0.2, 0.25) is 0 Å². The van der Waals surface area contributed by atoms with Crippen LogP contribution in [0.5, 0.6) is 0 Å². The molecule has 1 aliphatic rings. The number of hydrogen-bond donors (Lipinski definition) is 1. The third-order valence-corrected chi connectivity index (χ3v) is 2.94. The van der Waals surface area contributed by atoms with Crippen molar-refractivity contribution in [3.8, 4) is 0 Å². The number of hydrogen-bond acceptors (Lipinski definition) is 4. The predicted molar refractivity (Wildman–Crippen MR) is 57.4 cm³/mol. The summed E-state index contributed by atoms with van der Waals surface area (Å²) < 4.78 is 18.4. The predicted octanol–water partition coefficient (Wildman–Crippen LogP) is 0.836. The normalized spacial score (nSPS) is 24.4. The summed E-state index contributed by atoms with van der Waals surface area (Å²) in [6, 6.07) is -0.464. The summed E-state index contributed by atoms with van der Waals surface area (Å²) in [7, 11) is 0. The Balaban J connectivity index is 2.22. The molecule has 1 amide bonds. The van der Waals surface area contributed by atoms with Crippen molar-refractivity contribution in [2.24, 2.45) is 0 Å². The fourth-order valence-corrected chi connectivity index (χ4v) is 2.14. The Morgan fingerprint density at radius 1 is 1.65 bits per heavy atom. The first-order valence-corrected chi connectivity index (χ1v) is 5.53. The van der Waals surface area contributed by atoms with E-state index < -0.39 is 12.2 Å². The molecule has 1 saturated heterocycles. The second kappa shape index (κ2) is 4.44. The first-order chi connectivity index (χ1) is 8.02. The third kappa shape index (κ3) is 2.17. The lowest BCUT2D eigenvalue weighted by Crippen LogP contribution is -2.38. The van der Waals surface area contributed by atoms with Gasteiger partial charge >= 0.3 is 0 Å². The van der Waals surface area contributed by atoms with E-state index in [0.717, 1.165) is 0 Å². The molecule has 94 valence electrons. The zero-order valence-corrected chi connectivity index (χ0v) is 9.81. The van der Waals surface area contributed by atoms with Gasteiger partial charge in [0.2, 0.25) is 0 Å². The molecule has 0 bridgehead atoms. The standard InChI is InChI=1S/C11H15FN2O3/c1-6-10(13-7(2)17-6)11(16)14-4-8(12)3-9(14)5-15/h8-9,15H,3-5H2,1-2H3/t8-,9-/m0/s1. The van der Waals surface area contributed by atoms with E-state index in [-0.39, 0.29) is 31.2 Å². The molecule has 2 heterocycles. The lowest BCUT2D eigenvalue weighted by Gasteiger charge is -2.21. The molecule has 6 heteroatoms. The van der Waals surface area contributed by atoms with E-state index in [1.165, 1.54) is 4.90 Å². The molecule has 17 heavy (non-hydrogen) atoms. The van der Waals surface area contributed by atoms with Crippen LogP contribution in [-0.4, -0.2) is 46.3 Å². The van der Waals surface area contributed by atoms with Crippen LogP contribution >= 0.6 is 0 Å². The Bertz CT molecular complexity index is 432. The largest absolute Gasteiger partial charge is 0.445 e. The molecule has 0 aromatic carbocycles. The smallest absolute Gasteiger partial charge is 0.276 e. The van der Waals surface area contributed by atoms with Gasteiger partial charge in [0, 0.05) is 13.3 Å². The van der Waals surface area contributed by atoms with Crippen molar-refractivity contribution < 1.29 is 18.7 Å². The van der Waals surface area contributed by atoms with Gasteiger partial charge in [-0.05, 0) is 6.92 Å². The average Bonchev–Trinajstić information content (AvgIpc) is 2.80. The molecule has 1 N–H and O–H groups in total. The van der Waals surface area contributed by atoms with Crippen LogP contribution in [-0.2, 0) is 0 Å². The summed E-state index contributed by atoms with van der Waals surface area (Å²) in [5.41, 5.74) is 0.204. The zero-order chi connectivity index (χ0) is 12.6. The van der Waals surface area contributed by atoms with Gasteiger partial charge in [-0.3, -0.25) is 4.79 Å². The van der Waals surface area contributed by atoms with Crippen LogP contribution < -0.4 is 0 Å². The molecular formula is C11H15FN2O3. The number of alkyl halides is 1. The van der Waals surface area contributed by atoms with Gasteiger partial charge in [0.15, 0.2) is 11.6 Å². The molecule has 1 aliphatic heterocycles. The van der Waals surface area contributed by atoms with Crippen molar-refractivity contribution in [3.63, 3.8) is 0 Å². The van der Waals surface area contributed by atoms with Crippen molar-refractivity contribution in [2.45, 2.75) is 32.5 Å². The van der Waals surface area contributed by atoms with E-state index in [0.29, 0.717) is 11.7 Å². The maximum Gasteiger partial charge on any atom is 0.276 e. The molecule has 0 aliphatic carbocycles. The number of likely N-dealkylation sites (tertiary alicyclic amines) is 1. The molecule has 0 radical (unpaired) electrons. The summed E-state index contributed by atoms with van der Waals surface area (Å²) in [5.74, 6) is 0.451. The van der Waals surface area contributed by atoms with Gasteiger partial charge in [-0.2, -0.15) is 0 Å². The van der Waals surface area contributed by atoms with E-state index >= 15 is 0 Å². The summed E-state index contributed by atoms with van der Waals surface area (Å²) in [6.45, 7) is 3.07. The van der Waals surface area contributed by atoms with E-state index in [4.69, 9.17) is 9.52 Å². The summed E-state index contributed by atoms with van der Waals surface area (Å²) in [6.07, 6.45) is -0.901. The van der Waals surface area contributed by atoms with Crippen LogP contribution in [0, 0.1) is 13.8 Å². The van der Waals surface area contributed by atoms with Crippen LogP contribution in [0.15, 0.2) is 4.42 Å². The Morgan fingerprint density at radius 2 is 2.35 bits per heavy atom. The number of nitrogens with zero attached hydrogens (tertiary/aromatic N) is 2. The molecule has 1 fully saturated rings. The molecule has 2 atom stereocenters. The molecule has 0 unspecified atom stereocenters. The Labute approximate surface area is 98.2 Å². The number of rotatable bonds is 2. The van der Waals surface area contributed by atoms with Crippen molar-refractivity contribution in [2.75, 3.05) is 13.2 Å². The highest BCUT2D eigenvalue weighted by atomic mass is 19.1. The number of aryl methyl sites for hydroxylation is 2. The third-order valence-electron chi connectivity index (χ3n) is 2.94. The lowest BCUT2D eigenvalue weighted by molar-refractivity contribution is 0.0666. The number of carbonyl (C=O) groups is 1. The summed E-state index contributed by atoms with van der Waals surface area (Å²) in [5, 5.41) is 9.12. The van der Waals surface area contributed by atoms with Gasteiger partial charge in [-0.1, -0.05) is 0 Å². The fourth-order valence-electron chi connectivity index (χ4n) is 2.14. The SMILES string of the molecule is Cc1nc(C(=O)N2C[C@@H](F)C[C@H]2CO)c(C)o1. The summed E-state index contributed by atoms with van der Waals surface area (Å²) >= 11 is 0. The highest BCUT2D eigenvalue weighted by Crippen LogP contribution is 2.23. The fraction of sp³-hybridized carbons (Fsp3) is 0.636. The first-order valence-electron chi connectivity index (χ1n) is 5.53. The number of aliphatic hydroxyl groups excluding tert-OH is 1. The lowest BCUT2D eigenvalue weighted by atomic mass is 10.2. The van der Waals surface area contributed by atoms with Gasteiger partial charge in [-0.15, -0.1) is 0 Å². The maximum absolute atomic E-state index is 13.2. The highest BCUT2D eigenvalue weighted by molar-refractivity contribution is 5.93. The second-order valence-corrected chi connectivity index (χ2v) is 4.26. The maximum atomic E-state index is 13.2. The van der Waals surface area contributed by atoms with Gasteiger partial charge in [0.1, 0.15) is 11.9 Å². The average molecular weight is 242 g/mol. The molecule has 1 aromatic rings. The second-order valence-electron chi connectivity index (χ2n) is 4.26. The molecule has 0 spiro atoms. The minimum absolute atomic E-state index is 0.00933. The number of oxazole rings is 1. The topological polar surface area (TPSA) is 66.6 Å². The highest BCUT2D eigenvalue weighted by Gasteiger charge is 2.36. The van der Waals surface area contributed by atoms with Crippen molar-refractivity contribution in [1.82, 2.24) is 9.88 Å².